The average Bonchev–Trinajstić information content (AvgIpc) is 3.19. The highest BCUT2D eigenvalue weighted by atomic mass is 35.5. The summed E-state index contributed by atoms with van der Waals surface area (Å²) in [5.74, 6) is 2.54. The van der Waals surface area contributed by atoms with E-state index in [4.69, 9.17) is 28.2 Å². The summed E-state index contributed by atoms with van der Waals surface area (Å²) < 4.78 is 0. The Labute approximate surface area is 188 Å². The van der Waals surface area contributed by atoms with Gasteiger partial charge in [-0.3, -0.25) is 0 Å². The zero-order valence-electron chi connectivity index (χ0n) is 16.4. The van der Waals surface area contributed by atoms with Crippen molar-refractivity contribution in [1.29, 1.82) is 0 Å². The molecule has 0 radical (unpaired) electrons. The van der Waals surface area contributed by atoms with Crippen molar-refractivity contribution in [1.82, 2.24) is 24.9 Å². The van der Waals surface area contributed by atoms with Crippen LogP contribution in [-0.2, 0) is 0 Å². The summed E-state index contributed by atoms with van der Waals surface area (Å²) in [5, 5.41) is 14.0. The molecular formula is C21H19Cl2N7O. The summed E-state index contributed by atoms with van der Waals surface area (Å²) >= 11 is 12.7. The number of imidazole rings is 1. The van der Waals surface area contributed by atoms with E-state index in [0.29, 0.717) is 38.6 Å². The Balaban J connectivity index is 1.46. The van der Waals surface area contributed by atoms with Gasteiger partial charge in [-0.25, -0.2) is 19.9 Å². The van der Waals surface area contributed by atoms with Crippen molar-refractivity contribution in [3.63, 3.8) is 0 Å². The number of aromatic nitrogens is 5. The maximum Gasteiger partial charge on any atom is 0.159 e. The van der Waals surface area contributed by atoms with Gasteiger partial charge >= 0.3 is 0 Å². The number of nitrogens with one attached hydrogen (secondary N) is 2. The van der Waals surface area contributed by atoms with E-state index in [1.807, 2.05) is 12.1 Å². The smallest absolute Gasteiger partial charge is 0.159 e. The molecule has 3 N–H and O–H groups in total. The lowest BCUT2D eigenvalue weighted by Gasteiger charge is -2.30. The van der Waals surface area contributed by atoms with Gasteiger partial charge in [0.05, 0.1) is 27.2 Å². The van der Waals surface area contributed by atoms with Gasteiger partial charge in [0.15, 0.2) is 5.82 Å². The molecule has 0 amide bonds. The zero-order chi connectivity index (χ0) is 21.4. The topological polar surface area (TPSA) is 103 Å². The molecule has 0 aliphatic carbocycles. The van der Waals surface area contributed by atoms with Crippen molar-refractivity contribution in [3.8, 4) is 11.4 Å². The maximum atomic E-state index is 9.74. The molecule has 158 valence electrons. The molecule has 5 rings (SSSR count). The normalized spacial score (nSPS) is 14.9. The molecule has 8 nitrogen and oxygen atoms in total. The van der Waals surface area contributed by atoms with Gasteiger partial charge in [-0.15, -0.1) is 0 Å². The predicted octanol–water partition coefficient (Wildman–Crippen LogP) is 4.43. The van der Waals surface area contributed by atoms with Crippen molar-refractivity contribution < 1.29 is 5.11 Å². The van der Waals surface area contributed by atoms with E-state index in [1.165, 1.54) is 6.33 Å². The van der Waals surface area contributed by atoms with E-state index in [1.54, 1.807) is 24.4 Å². The molecular weight excluding hydrogens is 437 g/mol. The Morgan fingerprint density at radius 3 is 2.61 bits per heavy atom. The molecule has 4 aromatic rings. The van der Waals surface area contributed by atoms with Crippen LogP contribution in [0, 0.1) is 0 Å². The van der Waals surface area contributed by atoms with Crippen molar-refractivity contribution in [2.75, 3.05) is 23.3 Å². The van der Waals surface area contributed by atoms with E-state index in [2.05, 4.69) is 30.2 Å². The SMILES string of the molecule is OC1CCN(c2cc(Nc3nccc4[nH]c(-c5c(Cl)cccc5Cl)nc34)ncn2)CC1. The molecule has 1 saturated heterocycles. The highest BCUT2D eigenvalue weighted by molar-refractivity contribution is 6.39. The first-order valence-corrected chi connectivity index (χ1v) is 10.7. The molecule has 3 aromatic heterocycles. The molecule has 0 spiro atoms. The quantitative estimate of drug-likeness (QED) is 0.418. The summed E-state index contributed by atoms with van der Waals surface area (Å²) in [4.78, 5) is 23.2. The second-order valence-corrected chi connectivity index (χ2v) is 8.16. The molecule has 4 heterocycles. The molecule has 1 aliphatic heterocycles. The third-order valence-corrected chi connectivity index (χ3v) is 5.92. The van der Waals surface area contributed by atoms with Crippen LogP contribution < -0.4 is 10.2 Å². The number of aliphatic hydroxyl groups excluding tert-OH is 1. The Bertz CT molecular complexity index is 1220. The summed E-state index contributed by atoms with van der Waals surface area (Å²) in [6, 6.07) is 9.05. The Morgan fingerprint density at radius 1 is 1.06 bits per heavy atom. The van der Waals surface area contributed by atoms with Gasteiger partial charge in [0.25, 0.3) is 0 Å². The predicted molar refractivity (Wildman–Crippen MR) is 122 cm³/mol. The minimum absolute atomic E-state index is 0.238. The van der Waals surface area contributed by atoms with Gasteiger partial charge in [-0.05, 0) is 31.0 Å². The zero-order valence-corrected chi connectivity index (χ0v) is 17.9. The van der Waals surface area contributed by atoms with Crippen molar-refractivity contribution >= 4 is 51.7 Å². The van der Waals surface area contributed by atoms with Crippen LogP contribution >= 0.6 is 23.2 Å². The Kier molecular flexibility index (Phi) is 5.35. The maximum absolute atomic E-state index is 9.74. The second kappa shape index (κ2) is 8.30. The third kappa shape index (κ3) is 4.01. The molecule has 1 fully saturated rings. The van der Waals surface area contributed by atoms with Gasteiger partial charge in [-0.2, -0.15) is 0 Å². The van der Waals surface area contributed by atoms with Gasteiger partial charge in [0.1, 0.15) is 29.3 Å². The fourth-order valence-corrected chi connectivity index (χ4v) is 4.25. The van der Waals surface area contributed by atoms with Crippen LogP contribution in [-0.4, -0.2) is 49.2 Å². The van der Waals surface area contributed by atoms with Crippen LogP contribution in [0.25, 0.3) is 22.4 Å². The summed E-state index contributed by atoms with van der Waals surface area (Å²) in [6.45, 7) is 1.51. The van der Waals surface area contributed by atoms with Gasteiger partial charge in [0, 0.05) is 25.4 Å². The molecule has 1 aliphatic rings. The van der Waals surface area contributed by atoms with Gasteiger partial charge < -0.3 is 20.3 Å². The molecule has 0 unspecified atom stereocenters. The van der Waals surface area contributed by atoms with Crippen molar-refractivity contribution in [3.05, 3.63) is 52.9 Å². The fraction of sp³-hybridized carbons (Fsp3) is 0.238. The summed E-state index contributed by atoms with van der Waals surface area (Å²) in [6.07, 6.45) is 4.43. The second-order valence-electron chi connectivity index (χ2n) is 7.34. The molecule has 0 atom stereocenters. The highest BCUT2D eigenvalue weighted by Gasteiger charge is 2.19. The number of anilines is 3. The van der Waals surface area contributed by atoms with Gasteiger partial charge in [0.2, 0.25) is 0 Å². The van der Waals surface area contributed by atoms with E-state index >= 15 is 0 Å². The van der Waals surface area contributed by atoms with Crippen LogP contribution in [0.2, 0.25) is 10.0 Å². The minimum Gasteiger partial charge on any atom is -0.393 e. The number of hydrogen-bond acceptors (Lipinski definition) is 7. The molecule has 31 heavy (non-hydrogen) atoms. The number of pyridine rings is 1. The van der Waals surface area contributed by atoms with Crippen LogP contribution in [0.5, 0.6) is 0 Å². The number of benzene rings is 1. The monoisotopic (exact) mass is 455 g/mol. The standard InChI is InChI=1S/C21H19Cl2N7O/c22-13-2-1-3-14(23)18(13)20-27-15-4-7-24-21(19(15)29-20)28-16-10-17(26-11-25-16)30-8-5-12(31)6-9-30/h1-4,7,10-12,31H,5-6,8-9H2,(H,27,29)(H,24,25,26,28). The first kappa shape index (κ1) is 20.0. The Hall–Kier alpha value is -2.94. The Morgan fingerprint density at radius 2 is 1.84 bits per heavy atom. The minimum atomic E-state index is -0.238. The first-order valence-electron chi connectivity index (χ1n) is 9.89. The average molecular weight is 456 g/mol. The number of hydrogen-bond donors (Lipinski definition) is 3. The number of rotatable bonds is 4. The van der Waals surface area contributed by atoms with E-state index < -0.39 is 0 Å². The molecule has 0 bridgehead atoms. The number of piperidine rings is 1. The fourth-order valence-electron chi connectivity index (χ4n) is 3.67. The number of nitrogens with zero attached hydrogens (tertiary/aromatic N) is 5. The van der Waals surface area contributed by atoms with E-state index in [0.717, 1.165) is 37.3 Å². The largest absolute Gasteiger partial charge is 0.393 e. The number of H-pyrrole nitrogens is 1. The molecule has 1 aromatic carbocycles. The molecule has 10 heteroatoms. The lowest BCUT2D eigenvalue weighted by atomic mass is 10.1. The van der Waals surface area contributed by atoms with Crippen LogP contribution in [0.4, 0.5) is 17.5 Å². The van der Waals surface area contributed by atoms with Crippen LogP contribution in [0.15, 0.2) is 42.9 Å². The van der Waals surface area contributed by atoms with Crippen LogP contribution in [0.3, 0.4) is 0 Å². The summed E-state index contributed by atoms with van der Waals surface area (Å²) in [5.41, 5.74) is 2.09. The van der Waals surface area contributed by atoms with E-state index in [9.17, 15) is 5.11 Å². The number of aliphatic hydroxyl groups is 1. The number of aromatic amines is 1. The van der Waals surface area contributed by atoms with Crippen LogP contribution in [0.1, 0.15) is 12.8 Å². The number of halogens is 2. The number of fused-ring (bicyclic) bond motifs is 1. The molecule has 0 saturated carbocycles. The van der Waals surface area contributed by atoms with E-state index in [-0.39, 0.29) is 6.10 Å². The van der Waals surface area contributed by atoms with Crippen molar-refractivity contribution in [2.45, 2.75) is 18.9 Å². The summed E-state index contributed by atoms with van der Waals surface area (Å²) in [7, 11) is 0. The lowest BCUT2D eigenvalue weighted by Crippen LogP contribution is -2.36. The highest BCUT2D eigenvalue weighted by Crippen LogP contribution is 2.35. The van der Waals surface area contributed by atoms with Crippen molar-refractivity contribution in [2.24, 2.45) is 0 Å². The lowest BCUT2D eigenvalue weighted by molar-refractivity contribution is 0.145. The first-order chi connectivity index (χ1) is 15.1. The third-order valence-electron chi connectivity index (χ3n) is 5.29. The van der Waals surface area contributed by atoms with Gasteiger partial charge in [-0.1, -0.05) is 29.3 Å².